The van der Waals surface area contributed by atoms with E-state index >= 15 is 17.6 Å². The lowest BCUT2D eigenvalue weighted by Gasteiger charge is -2.20. The average Bonchev–Trinajstić information content (AvgIpc) is 3.18. The van der Waals surface area contributed by atoms with E-state index in [2.05, 4.69) is 0 Å². The van der Waals surface area contributed by atoms with Gasteiger partial charge in [-0.3, -0.25) is 4.89 Å². The lowest BCUT2D eigenvalue weighted by molar-refractivity contribution is -0.143. The minimum absolute atomic E-state index is 0.0138. The number of alkyl halides is 3. The van der Waals surface area contributed by atoms with Gasteiger partial charge in [0, 0.05) is 27.8 Å². The molecule has 0 amide bonds. The molecule has 6 aromatic carbocycles. The number of rotatable bonds is 2. The quantitative estimate of drug-likeness (QED) is 0.110. The Morgan fingerprint density at radius 2 is 0.920 bits per heavy atom. The maximum absolute atomic E-state index is 15.6. The van der Waals surface area contributed by atoms with E-state index in [1.54, 1.807) is 0 Å². The molecule has 1 atom stereocenters. The molecular weight excluding hydrogens is 712 g/mol. The van der Waals surface area contributed by atoms with Crippen LogP contribution in [0.1, 0.15) is 11.1 Å². The van der Waals surface area contributed by atoms with Gasteiger partial charge in [0.1, 0.15) is 17.1 Å². The molecule has 1 unspecified atom stereocenters. The van der Waals surface area contributed by atoms with Gasteiger partial charge in [0.05, 0.1) is 11.1 Å². The Bertz CT molecular complexity index is 2470. The van der Waals surface area contributed by atoms with Gasteiger partial charge in [-0.15, -0.1) is 0 Å². The van der Waals surface area contributed by atoms with E-state index in [9.17, 15) is 40.2 Å². The summed E-state index contributed by atoms with van der Waals surface area (Å²) in [5.41, 5.74) is -9.89. The third kappa shape index (κ3) is 4.82. The summed E-state index contributed by atoms with van der Waals surface area (Å²) in [5.74, 6) is -20.3. The van der Waals surface area contributed by atoms with Crippen LogP contribution in [0.3, 0.4) is 0 Å². The summed E-state index contributed by atoms with van der Waals surface area (Å²) in [7, 11) is -5.74. The van der Waals surface area contributed by atoms with E-state index in [1.165, 1.54) is 48.5 Å². The van der Waals surface area contributed by atoms with Crippen molar-refractivity contribution < 1.29 is 66.8 Å². The SMILES string of the molecule is Cc1c(F)c(F)c(-c2cc3ccccc3c3c2OP(=O)(O)Oc2c(-c4c(F)c(F)c(C(F)(F)F)c(F)c4F)cc4ccccc4c2-3)c(F)c1F. The second-order valence-electron chi connectivity index (χ2n) is 11.1. The first-order valence-electron chi connectivity index (χ1n) is 14.0. The highest BCUT2D eigenvalue weighted by atomic mass is 31.2. The van der Waals surface area contributed by atoms with E-state index in [0.717, 1.165) is 19.1 Å². The molecule has 0 aromatic heterocycles. The molecule has 1 aliphatic rings. The van der Waals surface area contributed by atoms with Crippen molar-refractivity contribution in [3.63, 3.8) is 0 Å². The Balaban J connectivity index is 1.73. The first kappa shape index (κ1) is 33.4. The summed E-state index contributed by atoms with van der Waals surface area (Å²) in [6.07, 6.45) is -5.90. The number of hydrogen-bond acceptors (Lipinski definition) is 3. The Labute approximate surface area is 272 Å². The molecular formula is C34H14F11O4P. The molecule has 7 rings (SSSR count). The summed E-state index contributed by atoms with van der Waals surface area (Å²) in [4.78, 5) is 10.9. The number of benzene rings is 6. The van der Waals surface area contributed by atoms with Gasteiger partial charge < -0.3 is 9.05 Å². The van der Waals surface area contributed by atoms with E-state index in [0.29, 0.717) is 0 Å². The number of fused-ring (bicyclic) bond motifs is 7. The minimum Gasteiger partial charge on any atom is -0.394 e. The smallest absolute Gasteiger partial charge is 0.394 e. The van der Waals surface area contributed by atoms with Crippen LogP contribution in [0.15, 0.2) is 60.7 Å². The van der Waals surface area contributed by atoms with Crippen LogP contribution in [0.5, 0.6) is 11.5 Å². The van der Waals surface area contributed by atoms with Gasteiger partial charge in [-0.1, -0.05) is 48.5 Å². The van der Waals surface area contributed by atoms with Gasteiger partial charge in [0.25, 0.3) is 0 Å². The largest absolute Gasteiger partial charge is 0.584 e. The molecule has 0 spiro atoms. The van der Waals surface area contributed by atoms with Crippen LogP contribution in [-0.4, -0.2) is 4.89 Å². The fourth-order valence-corrected chi connectivity index (χ4v) is 6.94. The zero-order valence-electron chi connectivity index (χ0n) is 24.6. The highest BCUT2D eigenvalue weighted by molar-refractivity contribution is 7.48. The first-order chi connectivity index (χ1) is 23.4. The van der Waals surface area contributed by atoms with E-state index in [4.69, 9.17) is 9.05 Å². The van der Waals surface area contributed by atoms with Crippen molar-refractivity contribution >= 4 is 29.4 Å². The van der Waals surface area contributed by atoms with Crippen LogP contribution >= 0.6 is 7.82 Å². The summed E-state index contributed by atoms with van der Waals surface area (Å²) in [6, 6.07) is 12.7. The average molecular weight is 726 g/mol. The third-order valence-electron chi connectivity index (χ3n) is 8.23. The fourth-order valence-electron chi connectivity index (χ4n) is 6.06. The summed E-state index contributed by atoms with van der Waals surface area (Å²) in [5, 5.41) is -0.00975. The van der Waals surface area contributed by atoms with Crippen LogP contribution in [0.4, 0.5) is 48.3 Å². The molecule has 0 saturated heterocycles. The Morgan fingerprint density at radius 1 is 0.560 bits per heavy atom. The van der Waals surface area contributed by atoms with Crippen LogP contribution in [0, 0.1) is 53.5 Å². The maximum atomic E-state index is 15.6. The van der Waals surface area contributed by atoms with Gasteiger partial charge >= 0.3 is 14.0 Å². The molecule has 4 nitrogen and oxygen atoms in total. The van der Waals surface area contributed by atoms with Gasteiger partial charge in [0.2, 0.25) is 0 Å². The molecule has 256 valence electrons. The number of phosphoric ester groups is 1. The third-order valence-corrected chi connectivity index (χ3v) is 9.06. The van der Waals surface area contributed by atoms with E-state index in [-0.39, 0.29) is 21.5 Å². The fraction of sp³-hybridized carbons (Fsp3) is 0.0588. The van der Waals surface area contributed by atoms with Crippen LogP contribution in [0.25, 0.3) is 54.9 Å². The van der Waals surface area contributed by atoms with Gasteiger partial charge in [-0.2, -0.15) is 13.2 Å². The van der Waals surface area contributed by atoms with Crippen molar-refractivity contribution in [1.82, 2.24) is 0 Å². The molecule has 0 radical (unpaired) electrons. The number of phosphoric acid groups is 1. The molecule has 0 saturated carbocycles. The van der Waals surface area contributed by atoms with Crippen molar-refractivity contribution in [2.45, 2.75) is 13.1 Å². The Hall–Kier alpha value is -5.14. The van der Waals surface area contributed by atoms with Gasteiger partial charge in [-0.25, -0.2) is 39.7 Å². The zero-order chi connectivity index (χ0) is 36.2. The predicted molar refractivity (Wildman–Crippen MR) is 158 cm³/mol. The predicted octanol–water partition coefficient (Wildman–Crippen LogP) is 11.3. The molecule has 0 fully saturated rings. The number of halogens is 11. The lowest BCUT2D eigenvalue weighted by atomic mass is 9.86. The molecule has 1 heterocycles. The van der Waals surface area contributed by atoms with Crippen molar-refractivity contribution in [2.24, 2.45) is 0 Å². The molecule has 0 aliphatic carbocycles. The monoisotopic (exact) mass is 726 g/mol. The van der Waals surface area contributed by atoms with Crippen molar-refractivity contribution in [1.29, 1.82) is 0 Å². The second-order valence-corrected chi connectivity index (χ2v) is 12.4. The van der Waals surface area contributed by atoms with E-state index < -0.39 is 117 Å². The van der Waals surface area contributed by atoms with Crippen LogP contribution in [-0.2, 0) is 10.7 Å². The minimum atomic E-state index is -5.90. The van der Waals surface area contributed by atoms with Crippen LogP contribution < -0.4 is 9.05 Å². The lowest BCUT2D eigenvalue weighted by Crippen LogP contribution is -2.16. The van der Waals surface area contributed by atoms with Gasteiger partial charge in [0.15, 0.2) is 46.5 Å². The van der Waals surface area contributed by atoms with Crippen LogP contribution in [0.2, 0.25) is 0 Å². The number of hydrogen-bond donors (Lipinski definition) is 1. The topological polar surface area (TPSA) is 55.8 Å². The standard InChI is InChI=1S/C34H14F11O4P/c1-12-24(35)26(37)21(27(38)25(12)36)17-10-13-6-2-4-8-15(13)19-20-16-9-5-3-7-14(16)11-18(33(20)49-50(46,47)48-32(17)19)22-28(39)30(41)23(34(43,44)45)31(42)29(22)40/h2-11H,1H3,(H,46,47). The highest BCUT2D eigenvalue weighted by Gasteiger charge is 2.44. The molecule has 6 aromatic rings. The van der Waals surface area contributed by atoms with Crippen molar-refractivity contribution in [3.8, 4) is 44.9 Å². The molecule has 0 bridgehead atoms. The molecule has 50 heavy (non-hydrogen) atoms. The van der Waals surface area contributed by atoms with Gasteiger partial charge in [-0.05, 0) is 40.6 Å². The molecule has 1 aliphatic heterocycles. The second kappa shape index (κ2) is 11.2. The summed E-state index contributed by atoms with van der Waals surface area (Å²) in [6.45, 7) is 0.753. The van der Waals surface area contributed by atoms with E-state index in [1.807, 2.05) is 0 Å². The maximum Gasteiger partial charge on any atom is 0.584 e. The first-order valence-corrected chi connectivity index (χ1v) is 15.5. The summed E-state index contributed by atoms with van der Waals surface area (Å²) < 4.78 is 186. The molecule has 1 N–H and O–H groups in total. The molecule has 16 heteroatoms. The van der Waals surface area contributed by atoms with Crippen molar-refractivity contribution in [3.05, 3.63) is 118 Å². The Morgan fingerprint density at radius 3 is 1.30 bits per heavy atom. The summed E-state index contributed by atoms with van der Waals surface area (Å²) >= 11 is 0. The zero-order valence-corrected chi connectivity index (χ0v) is 25.4. The van der Waals surface area contributed by atoms with Crippen molar-refractivity contribution in [2.75, 3.05) is 0 Å². The highest BCUT2D eigenvalue weighted by Crippen LogP contribution is 2.62. The Kier molecular flexibility index (Phi) is 7.47. The normalized spacial score (nSPS) is 15.8.